The van der Waals surface area contributed by atoms with E-state index in [0.717, 1.165) is 0 Å². The number of carbonyl (C=O) groups is 3. The predicted octanol–water partition coefficient (Wildman–Crippen LogP) is 0.788. The summed E-state index contributed by atoms with van der Waals surface area (Å²) < 4.78 is 4.89. The van der Waals surface area contributed by atoms with Crippen molar-refractivity contribution < 1.29 is 24.2 Å². The number of aliphatic carboxylic acids is 1. The third-order valence-electron chi connectivity index (χ3n) is 3.33. The van der Waals surface area contributed by atoms with Crippen molar-refractivity contribution in [2.45, 2.75) is 27.2 Å². The maximum atomic E-state index is 12.0. The van der Waals surface area contributed by atoms with E-state index in [4.69, 9.17) is 9.84 Å². The van der Waals surface area contributed by atoms with E-state index in [0.29, 0.717) is 32.8 Å². The van der Waals surface area contributed by atoms with Crippen LogP contribution in [-0.4, -0.2) is 65.7 Å². The zero-order valence-electron chi connectivity index (χ0n) is 12.2. The van der Waals surface area contributed by atoms with E-state index < -0.39 is 11.4 Å². The van der Waals surface area contributed by atoms with Crippen molar-refractivity contribution >= 4 is 18.0 Å². The fourth-order valence-electron chi connectivity index (χ4n) is 1.92. The quantitative estimate of drug-likeness (QED) is 0.825. The van der Waals surface area contributed by atoms with Gasteiger partial charge < -0.3 is 19.6 Å². The maximum Gasteiger partial charge on any atom is 0.409 e. The molecule has 0 saturated carbocycles. The SMILES string of the molecule is CCOC(=O)N1CCN(C(=O)CC(C)(C)C(=O)O)CC1. The van der Waals surface area contributed by atoms with Crippen LogP contribution in [0.4, 0.5) is 4.79 Å². The molecule has 0 aromatic heterocycles. The molecule has 1 saturated heterocycles. The molecule has 1 heterocycles. The number of piperazine rings is 1. The van der Waals surface area contributed by atoms with Gasteiger partial charge in [0, 0.05) is 32.6 Å². The van der Waals surface area contributed by atoms with Gasteiger partial charge >= 0.3 is 12.1 Å². The second-order valence-corrected chi connectivity index (χ2v) is 5.43. The van der Waals surface area contributed by atoms with E-state index in [9.17, 15) is 14.4 Å². The van der Waals surface area contributed by atoms with Gasteiger partial charge in [-0.05, 0) is 20.8 Å². The normalized spacial score (nSPS) is 15.9. The number of ether oxygens (including phenoxy) is 1. The Morgan fingerprint density at radius 3 is 2.05 bits per heavy atom. The molecular weight excluding hydrogens is 264 g/mol. The summed E-state index contributed by atoms with van der Waals surface area (Å²) >= 11 is 0. The van der Waals surface area contributed by atoms with Crippen molar-refractivity contribution in [3.05, 3.63) is 0 Å². The third-order valence-corrected chi connectivity index (χ3v) is 3.33. The molecule has 2 amide bonds. The Bertz CT molecular complexity index is 386. The highest BCUT2D eigenvalue weighted by atomic mass is 16.6. The Morgan fingerprint density at radius 1 is 1.10 bits per heavy atom. The highest BCUT2D eigenvalue weighted by molar-refractivity contribution is 5.84. The van der Waals surface area contributed by atoms with Gasteiger partial charge in [0.25, 0.3) is 0 Å². The van der Waals surface area contributed by atoms with Gasteiger partial charge in [0.15, 0.2) is 0 Å². The number of rotatable bonds is 4. The Labute approximate surface area is 118 Å². The zero-order valence-corrected chi connectivity index (χ0v) is 12.2. The molecule has 0 aromatic rings. The lowest BCUT2D eigenvalue weighted by molar-refractivity contribution is -0.151. The standard InChI is InChI=1S/C13H22N2O5/c1-4-20-12(19)15-7-5-14(6-8-15)10(16)9-13(2,3)11(17)18/h4-9H2,1-3H3,(H,17,18). The van der Waals surface area contributed by atoms with Gasteiger partial charge in [-0.1, -0.05) is 0 Å². The molecule has 0 spiro atoms. The summed E-state index contributed by atoms with van der Waals surface area (Å²) in [6.45, 7) is 6.78. The van der Waals surface area contributed by atoms with Crippen LogP contribution in [0.2, 0.25) is 0 Å². The van der Waals surface area contributed by atoms with E-state index >= 15 is 0 Å². The van der Waals surface area contributed by atoms with Gasteiger partial charge in [-0.3, -0.25) is 9.59 Å². The first-order valence-corrected chi connectivity index (χ1v) is 6.71. The van der Waals surface area contributed by atoms with Gasteiger partial charge in [0.2, 0.25) is 5.91 Å². The fraction of sp³-hybridized carbons (Fsp3) is 0.769. The molecule has 1 fully saturated rings. The Morgan fingerprint density at radius 2 is 1.60 bits per heavy atom. The Balaban J connectivity index is 2.47. The van der Waals surface area contributed by atoms with E-state index in [-0.39, 0.29) is 18.4 Å². The predicted molar refractivity (Wildman–Crippen MR) is 71.2 cm³/mol. The number of hydrogen-bond donors (Lipinski definition) is 1. The molecule has 7 heteroatoms. The monoisotopic (exact) mass is 286 g/mol. The minimum atomic E-state index is -1.07. The van der Waals surface area contributed by atoms with Crippen LogP contribution in [0.1, 0.15) is 27.2 Å². The fourth-order valence-corrected chi connectivity index (χ4v) is 1.92. The number of hydrogen-bond acceptors (Lipinski definition) is 4. The lowest BCUT2D eigenvalue weighted by atomic mass is 9.89. The van der Waals surface area contributed by atoms with E-state index in [1.54, 1.807) is 16.7 Å². The van der Waals surface area contributed by atoms with Crippen molar-refractivity contribution in [3.63, 3.8) is 0 Å². The summed E-state index contributed by atoms with van der Waals surface area (Å²) in [6.07, 6.45) is -0.410. The van der Waals surface area contributed by atoms with Gasteiger partial charge in [0.1, 0.15) is 0 Å². The van der Waals surface area contributed by atoms with Crippen LogP contribution in [-0.2, 0) is 14.3 Å². The molecule has 0 aliphatic carbocycles. The summed E-state index contributed by atoms with van der Waals surface area (Å²) in [5, 5.41) is 9.02. The number of amides is 2. The number of carboxylic acids is 1. The van der Waals surface area contributed by atoms with Crippen LogP contribution in [0.15, 0.2) is 0 Å². The minimum Gasteiger partial charge on any atom is -0.481 e. The Hall–Kier alpha value is -1.79. The first-order chi connectivity index (χ1) is 9.27. The van der Waals surface area contributed by atoms with Crippen molar-refractivity contribution in [1.29, 1.82) is 0 Å². The van der Waals surface area contributed by atoms with Gasteiger partial charge in [-0.25, -0.2) is 4.79 Å². The minimum absolute atomic E-state index is 0.0399. The highest BCUT2D eigenvalue weighted by Crippen LogP contribution is 2.22. The van der Waals surface area contributed by atoms with Crippen LogP contribution >= 0.6 is 0 Å². The van der Waals surface area contributed by atoms with Gasteiger partial charge in [-0.15, -0.1) is 0 Å². The summed E-state index contributed by atoms with van der Waals surface area (Å²) in [4.78, 5) is 37.7. The zero-order chi connectivity index (χ0) is 15.3. The summed E-state index contributed by atoms with van der Waals surface area (Å²) in [6, 6.07) is 0. The van der Waals surface area contributed by atoms with E-state index in [1.165, 1.54) is 13.8 Å². The molecule has 114 valence electrons. The molecule has 0 unspecified atom stereocenters. The lowest BCUT2D eigenvalue weighted by Crippen LogP contribution is -2.51. The molecule has 0 bridgehead atoms. The topological polar surface area (TPSA) is 87.2 Å². The third kappa shape index (κ3) is 4.11. The van der Waals surface area contributed by atoms with Gasteiger partial charge in [0.05, 0.1) is 12.0 Å². The molecule has 0 atom stereocenters. The maximum absolute atomic E-state index is 12.0. The highest BCUT2D eigenvalue weighted by Gasteiger charge is 2.33. The smallest absolute Gasteiger partial charge is 0.409 e. The summed E-state index contributed by atoms with van der Waals surface area (Å²) in [5.74, 6) is -1.18. The van der Waals surface area contributed by atoms with Crippen LogP contribution < -0.4 is 0 Å². The summed E-state index contributed by atoms with van der Waals surface area (Å²) in [7, 11) is 0. The van der Waals surface area contributed by atoms with Crippen molar-refractivity contribution in [2.24, 2.45) is 5.41 Å². The average Bonchev–Trinajstić information content (AvgIpc) is 2.38. The van der Waals surface area contributed by atoms with Crippen molar-refractivity contribution in [2.75, 3.05) is 32.8 Å². The van der Waals surface area contributed by atoms with Crippen molar-refractivity contribution in [1.82, 2.24) is 9.80 Å². The van der Waals surface area contributed by atoms with Gasteiger partial charge in [-0.2, -0.15) is 0 Å². The number of carboxylic acid groups (broad SMARTS) is 1. The van der Waals surface area contributed by atoms with Crippen LogP contribution in [0.3, 0.4) is 0 Å². The van der Waals surface area contributed by atoms with Crippen LogP contribution in [0, 0.1) is 5.41 Å². The number of nitrogens with zero attached hydrogens (tertiary/aromatic N) is 2. The Kier molecular flexibility index (Phi) is 5.35. The molecule has 1 N–H and O–H groups in total. The van der Waals surface area contributed by atoms with Crippen LogP contribution in [0.25, 0.3) is 0 Å². The molecule has 1 rings (SSSR count). The molecule has 20 heavy (non-hydrogen) atoms. The van der Waals surface area contributed by atoms with E-state index in [1.807, 2.05) is 0 Å². The number of carbonyl (C=O) groups excluding carboxylic acids is 2. The first-order valence-electron chi connectivity index (χ1n) is 6.71. The second-order valence-electron chi connectivity index (χ2n) is 5.43. The molecule has 7 nitrogen and oxygen atoms in total. The van der Waals surface area contributed by atoms with Crippen LogP contribution in [0.5, 0.6) is 0 Å². The molecule has 0 radical (unpaired) electrons. The average molecular weight is 286 g/mol. The molecular formula is C13H22N2O5. The molecule has 1 aliphatic rings. The lowest BCUT2D eigenvalue weighted by Gasteiger charge is -2.35. The second kappa shape index (κ2) is 6.58. The first kappa shape index (κ1) is 16.3. The summed E-state index contributed by atoms with van der Waals surface area (Å²) in [5.41, 5.74) is -1.07. The van der Waals surface area contributed by atoms with Crippen molar-refractivity contribution in [3.8, 4) is 0 Å². The molecule has 1 aliphatic heterocycles. The molecule has 0 aromatic carbocycles. The largest absolute Gasteiger partial charge is 0.481 e. The van der Waals surface area contributed by atoms with E-state index in [2.05, 4.69) is 0 Å².